The molecule has 0 heterocycles. The van der Waals surface area contributed by atoms with Crippen molar-refractivity contribution in [1.82, 2.24) is 4.72 Å². The van der Waals surface area contributed by atoms with E-state index in [9.17, 15) is 8.42 Å². The normalized spacial score (nSPS) is 30.5. The molecule has 0 amide bonds. The molecule has 1 aromatic rings. The summed E-state index contributed by atoms with van der Waals surface area (Å²) in [4.78, 5) is 0.388. The van der Waals surface area contributed by atoms with Crippen LogP contribution in [0.25, 0.3) is 0 Å². The van der Waals surface area contributed by atoms with Crippen molar-refractivity contribution >= 4 is 10.0 Å². The van der Waals surface area contributed by atoms with Crippen molar-refractivity contribution in [2.24, 2.45) is 11.8 Å². The van der Waals surface area contributed by atoms with Gasteiger partial charge in [0, 0.05) is 6.04 Å². The highest BCUT2D eigenvalue weighted by Gasteiger charge is 2.40. The van der Waals surface area contributed by atoms with Crippen LogP contribution in [0.3, 0.4) is 0 Å². The highest BCUT2D eigenvalue weighted by molar-refractivity contribution is 7.89. The molecule has 3 nitrogen and oxygen atoms in total. The van der Waals surface area contributed by atoms with Crippen molar-refractivity contribution in [3.63, 3.8) is 0 Å². The van der Waals surface area contributed by atoms with E-state index in [1.54, 1.807) is 12.1 Å². The fourth-order valence-corrected chi connectivity index (χ4v) is 5.01. The van der Waals surface area contributed by atoms with Gasteiger partial charge in [-0.25, -0.2) is 13.1 Å². The van der Waals surface area contributed by atoms with E-state index < -0.39 is 10.0 Å². The molecule has 1 N–H and O–H groups in total. The number of hydrogen-bond donors (Lipinski definition) is 1. The second-order valence-electron chi connectivity index (χ2n) is 5.97. The molecule has 1 aromatic carbocycles. The summed E-state index contributed by atoms with van der Waals surface area (Å²) in [7, 11) is -3.35. The van der Waals surface area contributed by atoms with Gasteiger partial charge in [0.1, 0.15) is 0 Å². The van der Waals surface area contributed by atoms with Crippen LogP contribution in [-0.2, 0) is 10.0 Å². The Hall–Kier alpha value is -0.870. The quantitative estimate of drug-likeness (QED) is 0.924. The van der Waals surface area contributed by atoms with Crippen LogP contribution < -0.4 is 4.72 Å². The summed E-state index contributed by atoms with van der Waals surface area (Å²) >= 11 is 0. The molecule has 3 atom stereocenters. The fourth-order valence-electron chi connectivity index (χ4n) is 3.69. The summed E-state index contributed by atoms with van der Waals surface area (Å²) in [5, 5.41) is 0. The van der Waals surface area contributed by atoms with E-state index in [2.05, 4.69) is 4.72 Å². The molecule has 2 aliphatic carbocycles. The van der Waals surface area contributed by atoms with Crippen molar-refractivity contribution < 1.29 is 8.42 Å². The zero-order valence-electron chi connectivity index (χ0n) is 11.3. The van der Waals surface area contributed by atoms with Gasteiger partial charge in [0.15, 0.2) is 0 Å². The minimum atomic E-state index is -3.35. The Labute approximate surface area is 115 Å². The van der Waals surface area contributed by atoms with Crippen LogP contribution in [0.15, 0.2) is 29.2 Å². The molecule has 2 fully saturated rings. The lowest BCUT2D eigenvalue weighted by molar-refractivity contribution is 0.400. The Balaban J connectivity index is 1.76. The van der Waals surface area contributed by atoms with Gasteiger partial charge in [0.2, 0.25) is 10.0 Å². The number of sulfonamides is 1. The largest absolute Gasteiger partial charge is 0.240 e. The molecule has 4 heteroatoms. The lowest BCUT2D eigenvalue weighted by Crippen LogP contribution is -2.37. The van der Waals surface area contributed by atoms with Gasteiger partial charge < -0.3 is 0 Å². The molecule has 0 aliphatic heterocycles. The minimum absolute atomic E-state index is 0.152. The Morgan fingerprint density at radius 1 is 1.05 bits per heavy atom. The number of benzene rings is 1. The van der Waals surface area contributed by atoms with Crippen LogP contribution in [0.2, 0.25) is 0 Å². The molecule has 3 rings (SSSR count). The van der Waals surface area contributed by atoms with Crippen molar-refractivity contribution in [1.29, 1.82) is 0 Å². The molecular weight excluding hydrogens is 258 g/mol. The third-order valence-corrected chi connectivity index (χ3v) is 6.23. The van der Waals surface area contributed by atoms with E-state index in [-0.39, 0.29) is 6.04 Å². The number of fused-ring (bicyclic) bond motifs is 1. The topological polar surface area (TPSA) is 46.2 Å². The first kappa shape index (κ1) is 13.1. The first-order chi connectivity index (χ1) is 9.06. The predicted molar refractivity (Wildman–Crippen MR) is 75.4 cm³/mol. The Kier molecular flexibility index (Phi) is 3.39. The van der Waals surface area contributed by atoms with Crippen molar-refractivity contribution in [3.8, 4) is 0 Å². The average Bonchev–Trinajstić information content (AvgIpc) is 2.95. The molecule has 104 valence electrons. The summed E-state index contributed by atoms with van der Waals surface area (Å²) in [5.41, 5.74) is 1.08. The second-order valence-corrected chi connectivity index (χ2v) is 7.69. The van der Waals surface area contributed by atoms with Crippen LogP contribution in [0.1, 0.15) is 37.7 Å². The van der Waals surface area contributed by atoms with E-state index in [0.717, 1.165) is 17.9 Å². The summed E-state index contributed by atoms with van der Waals surface area (Å²) in [6.07, 6.45) is 5.92. The summed E-state index contributed by atoms with van der Waals surface area (Å²) in [6, 6.07) is 7.24. The zero-order valence-corrected chi connectivity index (χ0v) is 12.1. The second kappa shape index (κ2) is 4.91. The fraction of sp³-hybridized carbons (Fsp3) is 0.600. The molecule has 19 heavy (non-hydrogen) atoms. The molecule has 0 aromatic heterocycles. The van der Waals surface area contributed by atoms with E-state index >= 15 is 0 Å². The monoisotopic (exact) mass is 279 g/mol. The predicted octanol–water partition coefficient (Wildman–Crippen LogP) is 2.85. The van der Waals surface area contributed by atoms with Gasteiger partial charge in [-0.05, 0) is 50.2 Å². The first-order valence-corrected chi connectivity index (χ1v) is 8.63. The maximum atomic E-state index is 12.4. The first-order valence-electron chi connectivity index (χ1n) is 7.15. The molecule has 0 bridgehead atoms. The zero-order chi connectivity index (χ0) is 13.5. The molecule has 2 aliphatic rings. The van der Waals surface area contributed by atoms with Crippen molar-refractivity contribution in [2.45, 2.75) is 50.0 Å². The number of aryl methyl sites for hydroxylation is 1. The van der Waals surface area contributed by atoms with Crippen LogP contribution >= 0.6 is 0 Å². The van der Waals surface area contributed by atoms with Crippen LogP contribution in [0.5, 0.6) is 0 Å². The van der Waals surface area contributed by atoms with Gasteiger partial charge in [0.05, 0.1) is 4.90 Å². The lowest BCUT2D eigenvalue weighted by Gasteiger charge is -2.20. The van der Waals surface area contributed by atoms with Crippen LogP contribution in [-0.4, -0.2) is 14.5 Å². The van der Waals surface area contributed by atoms with Gasteiger partial charge in [0.25, 0.3) is 0 Å². The van der Waals surface area contributed by atoms with Gasteiger partial charge in [-0.2, -0.15) is 0 Å². The Bertz CT molecular complexity index is 550. The highest BCUT2D eigenvalue weighted by Crippen LogP contribution is 2.44. The molecule has 0 radical (unpaired) electrons. The summed E-state index contributed by atoms with van der Waals surface area (Å²) < 4.78 is 27.7. The van der Waals surface area contributed by atoms with Gasteiger partial charge >= 0.3 is 0 Å². The van der Waals surface area contributed by atoms with Crippen LogP contribution in [0.4, 0.5) is 0 Å². The Morgan fingerprint density at radius 3 is 2.53 bits per heavy atom. The molecular formula is C15H21NO2S. The van der Waals surface area contributed by atoms with E-state index in [1.165, 1.54) is 25.7 Å². The highest BCUT2D eigenvalue weighted by atomic mass is 32.2. The smallest absolute Gasteiger partial charge is 0.208 e. The van der Waals surface area contributed by atoms with Crippen molar-refractivity contribution in [3.05, 3.63) is 29.8 Å². The molecule has 0 saturated heterocycles. The van der Waals surface area contributed by atoms with Gasteiger partial charge in [-0.3, -0.25) is 0 Å². The SMILES string of the molecule is Cc1ccc(S(=O)(=O)N[C@@H]2CC[C@H]3CCC[C@H]32)cc1. The van der Waals surface area contributed by atoms with Crippen LogP contribution in [0, 0.1) is 18.8 Å². The third kappa shape index (κ3) is 2.56. The number of rotatable bonds is 3. The maximum absolute atomic E-state index is 12.4. The summed E-state index contributed by atoms with van der Waals surface area (Å²) in [6.45, 7) is 1.96. The standard InChI is InChI=1S/C15H21NO2S/c1-11-5-8-13(9-6-11)19(17,18)16-15-10-7-12-3-2-4-14(12)15/h5-6,8-9,12,14-16H,2-4,7,10H2,1H3/t12-,14-,15-/m1/s1. The van der Waals surface area contributed by atoms with Crippen molar-refractivity contribution in [2.75, 3.05) is 0 Å². The number of hydrogen-bond acceptors (Lipinski definition) is 2. The average molecular weight is 279 g/mol. The Morgan fingerprint density at radius 2 is 1.79 bits per heavy atom. The van der Waals surface area contributed by atoms with Gasteiger partial charge in [-0.1, -0.05) is 30.5 Å². The van der Waals surface area contributed by atoms with E-state index in [1.807, 2.05) is 19.1 Å². The lowest BCUT2D eigenvalue weighted by atomic mass is 9.98. The molecule has 2 saturated carbocycles. The molecule has 0 spiro atoms. The number of nitrogens with one attached hydrogen (secondary N) is 1. The minimum Gasteiger partial charge on any atom is -0.208 e. The maximum Gasteiger partial charge on any atom is 0.240 e. The summed E-state index contributed by atoms with van der Waals surface area (Å²) in [5.74, 6) is 1.32. The van der Waals surface area contributed by atoms with E-state index in [0.29, 0.717) is 10.8 Å². The van der Waals surface area contributed by atoms with Gasteiger partial charge in [-0.15, -0.1) is 0 Å². The molecule has 0 unspecified atom stereocenters. The van der Waals surface area contributed by atoms with E-state index in [4.69, 9.17) is 0 Å². The third-order valence-electron chi connectivity index (χ3n) is 4.72.